The lowest BCUT2D eigenvalue weighted by Gasteiger charge is -2.39. The zero-order chi connectivity index (χ0) is 17.2. The molecule has 1 N–H and O–H groups in total. The van der Waals surface area contributed by atoms with Gasteiger partial charge >= 0.3 is 5.97 Å². The lowest BCUT2D eigenvalue weighted by molar-refractivity contribution is -0.153. The van der Waals surface area contributed by atoms with Gasteiger partial charge in [-0.2, -0.15) is 5.10 Å². The number of amides is 1. The second-order valence-electron chi connectivity index (χ2n) is 6.03. The number of piperidine rings is 1. The van der Waals surface area contributed by atoms with Crippen LogP contribution in [0.3, 0.4) is 0 Å². The molecule has 0 spiro atoms. The topological polar surface area (TPSA) is 84.7 Å². The van der Waals surface area contributed by atoms with Gasteiger partial charge in [0.2, 0.25) is 0 Å². The number of aromatic nitrogens is 2. The van der Waals surface area contributed by atoms with Gasteiger partial charge in [0.05, 0.1) is 16.1 Å². The van der Waals surface area contributed by atoms with E-state index in [0.717, 1.165) is 0 Å². The summed E-state index contributed by atoms with van der Waals surface area (Å²) in [6, 6.07) is 0. The smallest absolute Gasteiger partial charge is 0.311 e. The van der Waals surface area contributed by atoms with E-state index >= 15 is 0 Å². The highest BCUT2D eigenvalue weighted by Crippen LogP contribution is 2.35. The quantitative estimate of drug-likeness (QED) is 0.880. The summed E-state index contributed by atoms with van der Waals surface area (Å²) < 4.78 is 6.59. The van der Waals surface area contributed by atoms with E-state index < -0.39 is 11.4 Å². The van der Waals surface area contributed by atoms with Crippen LogP contribution in [0.15, 0.2) is 0 Å². The average molecular weight is 344 g/mol. The molecule has 0 aromatic carbocycles. The molecule has 1 unspecified atom stereocenters. The van der Waals surface area contributed by atoms with Crippen molar-refractivity contribution in [3.05, 3.63) is 16.4 Å². The Balaban J connectivity index is 2.24. The Morgan fingerprint density at radius 3 is 2.70 bits per heavy atom. The SMILES string of the molecule is COCCC1(C(=O)O)CCCN(C(=O)c2nn(C)c(C)c2Cl)C1. The number of nitrogens with zero attached hydrogens (tertiary/aromatic N) is 3. The van der Waals surface area contributed by atoms with Gasteiger partial charge in [0.15, 0.2) is 5.69 Å². The molecule has 8 heteroatoms. The lowest BCUT2D eigenvalue weighted by atomic mass is 9.77. The van der Waals surface area contributed by atoms with Crippen LogP contribution >= 0.6 is 11.6 Å². The highest BCUT2D eigenvalue weighted by atomic mass is 35.5. The lowest BCUT2D eigenvalue weighted by Crippen LogP contribution is -2.50. The molecule has 1 aliphatic heterocycles. The van der Waals surface area contributed by atoms with E-state index in [2.05, 4.69) is 5.10 Å². The highest BCUT2D eigenvalue weighted by Gasteiger charge is 2.44. The number of carbonyl (C=O) groups excluding carboxylic acids is 1. The summed E-state index contributed by atoms with van der Waals surface area (Å²) in [5.41, 5.74) is -0.0873. The van der Waals surface area contributed by atoms with Gasteiger partial charge in [-0.25, -0.2) is 0 Å². The molecule has 128 valence electrons. The second kappa shape index (κ2) is 6.88. The van der Waals surface area contributed by atoms with Crippen molar-refractivity contribution in [2.24, 2.45) is 12.5 Å². The molecule has 1 aromatic rings. The number of ether oxygens (including phenoxy) is 1. The zero-order valence-electron chi connectivity index (χ0n) is 13.6. The van der Waals surface area contributed by atoms with Gasteiger partial charge in [-0.05, 0) is 26.2 Å². The monoisotopic (exact) mass is 343 g/mol. The molecule has 1 atom stereocenters. The van der Waals surface area contributed by atoms with E-state index in [1.165, 1.54) is 7.11 Å². The minimum atomic E-state index is -0.972. The van der Waals surface area contributed by atoms with E-state index in [0.29, 0.717) is 43.1 Å². The van der Waals surface area contributed by atoms with Gasteiger partial charge < -0.3 is 14.7 Å². The first-order valence-corrected chi connectivity index (χ1v) is 7.91. The number of carboxylic acids is 1. The third-order valence-electron chi connectivity index (χ3n) is 4.57. The van der Waals surface area contributed by atoms with Crippen molar-refractivity contribution in [2.75, 3.05) is 26.8 Å². The largest absolute Gasteiger partial charge is 0.481 e. The molecular formula is C15H22ClN3O4. The van der Waals surface area contributed by atoms with Crippen LogP contribution < -0.4 is 0 Å². The highest BCUT2D eigenvalue weighted by molar-refractivity contribution is 6.34. The standard InChI is InChI=1S/C15H22ClN3O4/c1-10-11(16)12(17-18(10)2)13(20)19-7-4-5-15(9-19,14(21)22)6-8-23-3/h4-9H2,1-3H3,(H,21,22). The number of hydrogen-bond acceptors (Lipinski definition) is 4. The number of aryl methyl sites for hydroxylation is 1. The van der Waals surface area contributed by atoms with Crippen LogP contribution in [0.25, 0.3) is 0 Å². The molecule has 0 radical (unpaired) electrons. The number of carboxylic acid groups (broad SMARTS) is 1. The first-order valence-electron chi connectivity index (χ1n) is 7.53. The predicted octanol–water partition coefficient (Wildman–Crippen LogP) is 1.73. The van der Waals surface area contributed by atoms with Crippen LogP contribution in [0.1, 0.15) is 35.4 Å². The van der Waals surface area contributed by atoms with Crippen LogP contribution in [0.5, 0.6) is 0 Å². The van der Waals surface area contributed by atoms with Gasteiger partial charge in [-0.1, -0.05) is 11.6 Å². The first-order chi connectivity index (χ1) is 10.8. The van der Waals surface area contributed by atoms with Crippen LogP contribution in [0.4, 0.5) is 0 Å². The molecule has 1 fully saturated rings. The first kappa shape index (κ1) is 17.7. The third-order valence-corrected chi connectivity index (χ3v) is 5.02. The van der Waals surface area contributed by atoms with E-state index in [1.54, 1.807) is 23.6 Å². The fourth-order valence-corrected chi connectivity index (χ4v) is 3.20. The Morgan fingerprint density at radius 2 is 2.17 bits per heavy atom. The molecule has 1 aromatic heterocycles. The molecule has 0 saturated carbocycles. The minimum Gasteiger partial charge on any atom is -0.481 e. The van der Waals surface area contributed by atoms with Gasteiger partial charge in [-0.15, -0.1) is 0 Å². The van der Waals surface area contributed by atoms with E-state index in [4.69, 9.17) is 16.3 Å². The number of hydrogen-bond donors (Lipinski definition) is 1. The zero-order valence-corrected chi connectivity index (χ0v) is 14.4. The maximum absolute atomic E-state index is 12.7. The summed E-state index contributed by atoms with van der Waals surface area (Å²) in [5, 5.41) is 14.1. The van der Waals surface area contributed by atoms with Gasteiger partial charge in [-0.3, -0.25) is 14.3 Å². The summed E-state index contributed by atoms with van der Waals surface area (Å²) in [5.74, 6) is -1.21. The van der Waals surface area contributed by atoms with Crippen molar-refractivity contribution in [3.8, 4) is 0 Å². The second-order valence-corrected chi connectivity index (χ2v) is 6.41. The van der Waals surface area contributed by atoms with E-state index in [9.17, 15) is 14.7 Å². The van der Waals surface area contributed by atoms with Crippen molar-refractivity contribution in [2.45, 2.75) is 26.2 Å². The predicted molar refractivity (Wildman–Crippen MR) is 84.7 cm³/mol. The Bertz CT molecular complexity index is 616. The molecule has 1 saturated heterocycles. The normalized spacial score (nSPS) is 21.5. The van der Waals surface area contributed by atoms with Crippen molar-refractivity contribution in [1.29, 1.82) is 0 Å². The molecule has 0 aliphatic carbocycles. The maximum Gasteiger partial charge on any atom is 0.311 e. The Kier molecular flexibility index (Phi) is 5.31. The summed E-state index contributed by atoms with van der Waals surface area (Å²) >= 11 is 6.18. The van der Waals surface area contributed by atoms with Gasteiger partial charge in [0.1, 0.15) is 0 Å². The number of halogens is 1. The van der Waals surface area contributed by atoms with Crippen LogP contribution in [-0.2, 0) is 16.6 Å². The number of rotatable bonds is 5. The molecule has 23 heavy (non-hydrogen) atoms. The third kappa shape index (κ3) is 3.35. The Hall–Kier alpha value is -1.60. The van der Waals surface area contributed by atoms with Crippen molar-refractivity contribution < 1.29 is 19.4 Å². The molecule has 2 rings (SSSR count). The Labute approximate surface area is 140 Å². The van der Waals surface area contributed by atoms with Gasteiger partial charge in [0, 0.05) is 33.9 Å². The van der Waals surface area contributed by atoms with Crippen molar-refractivity contribution >= 4 is 23.5 Å². The fourth-order valence-electron chi connectivity index (χ4n) is 2.96. The minimum absolute atomic E-state index is 0.149. The Morgan fingerprint density at radius 1 is 1.48 bits per heavy atom. The summed E-state index contributed by atoms with van der Waals surface area (Å²) in [6.45, 7) is 2.78. The summed E-state index contributed by atoms with van der Waals surface area (Å²) in [7, 11) is 3.26. The van der Waals surface area contributed by atoms with Crippen LogP contribution in [-0.4, -0.2) is 58.5 Å². The maximum atomic E-state index is 12.7. The van der Waals surface area contributed by atoms with Crippen molar-refractivity contribution in [3.63, 3.8) is 0 Å². The summed E-state index contributed by atoms with van der Waals surface area (Å²) in [6.07, 6.45) is 1.53. The van der Waals surface area contributed by atoms with Crippen molar-refractivity contribution in [1.82, 2.24) is 14.7 Å². The van der Waals surface area contributed by atoms with E-state index in [1.807, 2.05) is 0 Å². The molecule has 1 amide bonds. The molecule has 0 bridgehead atoms. The molecular weight excluding hydrogens is 322 g/mol. The molecule has 2 heterocycles. The fraction of sp³-hybridized carbons (Fsp3) is 0.667. The van der Waals surface area contributed by atoms with Gasteiger partial charge in [0.25, 0.3) is 5.91 Å². The van der Waals surface area contributed by atoms with Crippen LogP contribution in [0.2, 0.25) is 5.02 Å². The number of likely N-dealkylation sites (tertiary alicyclic amines) is 1. The molecule has 1 aliphatic rings. The molecule has 7 nitrogen and oxygen atoms in total. The van der Waals surface area contributed by atoms with Crippen LogP contribution in [0, 0.1) is 12.3 Å². The van der Waals surface area contributed by atoms with E-state index in [-0.39, 0.29) is 18.1 Å². The number of carbonyl (C=O) groups is 2. The summed E-state index contributed by atoms with van der Waals surface area (Å²) in [4.78, 5) is 26.0. The number of aliphatic carboxylic acids is 1. The average Bonchev–Trinajstić information content (AvgIpc) is 2.79. The number of methoxy groups -OCH3 is 1.